The summed E-state index contributed by atoms with van der Waals surface area (Å²) in [5, 5.41) is 9.05. The number of nitrogens with zero attached hydrogens (tertiary/aromatic N) is 1. The second kappa shape index (κ2) is 11.9. The van der Waals surface area contributed by atoms with Crippen LogP contribution in [0.15, 0.2) is 4.99 Å². The number of guanidine groups is 1. The Morgan fingerprint density at radius 1 is 1.33 bits per heavy atom. The molecule has 0 aromatic rings. The van der Waals surface area contributed by atoms with Gasteiger partial charge < -0.3 is 20.7 Å². The molecule has 0 heterocycles. The average Bonchev–Trinajstić information content (AvgIpc) is 2.36. The maximum Gasteiger partial charge on any atom is 0.407 e. The van der Waals surface area contributed by atoms with Crippen LogP contribution in [0.1, 0.15) is 47.0 Å². The van der Waals surface area contributed by atoms with Gasteiger partial charge in [-0.3, -0.25) is 4.99 Å². The van der Waals surface area contributed by atoms with Gasteiger partial charge in [0.05, 0.1) is 0 Å². The number of hydrogen-bond donors (Lipinski definition) is 3. The molecular weight excluding hydrogens is 383 g/mol. The molecule has 0 aliphatic carbocycles. The van der Waals surface area contributed by atoms with E-state index in [0.717, 1.165) is 25.2 Å². The molecule has 126 valence electrons. The zero-order valence-corrected chi connectivity index (χ0v) is 16.4. The standard InChI is InChI=1S/C14H30N4O2.HI/c1-7-8-9-11(18-12(15-5)16-6)10-17-13(19)20-14(2,3)4;/h11H,7-10H2,1-6H3,(H,17,19)(H2,15,16,18);1H. The number of hydrogen-bond acceptors (Lipinski definition) is 3. The highest BCUT2D eigenvalue weighted by atomic mass is 127. The number of halogens is 1. The van der Waals surface area contributed by atoms with Crippen LogP contribution in [0, 0.1) is 0 Å². The summed E-state index contributed by atoms with van der Waals surface area (Å²) in [7, 11) is 3.53. The van der Waals surface area contributed by atoms with E-state index in [4.69, 9.17) is 4.74 Å². The first kappa shape index (κ1) is 22.5. The number of ether oxygens (including phenoxy) is 1. The van der Waals surface area contributed by atoms with Crippen LogP contribution in [-0.2, 0) is 4.74 Å². The summed E-state index contributed by atoms with van der Waals surface area (Å²) < 4.78 is 5.23. The van der Waals surface area contributed by atoms with Crippen LogP contribution in [0.25, 0.3) is 0 Å². The lowest BCUT2D eigenvalue weighted by Crippen LogP contribution is -2.48. The highest BCUT2D eigenvalue weighted by Gasteiger charge is 2.17. The smallest absolute Gasteiger partial charge is 0.407 e. The Kier molecular flexibility index (Phi) is 12.8. The molecule has 0 radical (unpaired) electrons. The summed E-state index contributed by atoms with van der Waals surface area (Å²) >= 11 is 0. The quantitative estimate of drug-likeness (QED) is 0.355. The summed E-state index contributed by atoms with van der Waals surface area (Å²) in [6.07, 6.45) is 2.78. The molecule has 0 fully saturated rings. The fraction of sp³-hybridized carbons (Fsp3) is 0.857. The SMILES string of the molecule is CCCCC(CNC(=O)OC(C)(C)C)NC(=NC)NC.I. The number of aliphatic imine (C=N–C) groups is 1. The minimum atomic E-state index is -0.475. The number of unbranched alkanes of at least 4 members (excludes halogenated alkanes) is 1. The monoisotopic (exact) mass is 414 g/mol. The molecule has 0 saturated heterocycles. The maximum atomic E-state index is 11.7. The summed E-state index contributed by atoms with van der Waals surface area (Å²) in [5.74, 6) is 0.720. The van der Waals surface area contributed by atoms with Gasteiger partial charge in [-0.15, -0.1) is 24.0 Å². The van der Waals surface area contributed by atoms with Gasteiger partial charge in [0.25, 0.3) is 0 Å². The van der Waals surface area contributed by atoms with E-state index in [9.17, 15) is 4.79 Å². The van der Waals surface area contributed by atoms with Gasteiger partial charge in [0.1, 0.15) is 5.60 Å². The molecule has 3 N–H and O–H groups in total. The Labute approximate surface area is 145 Å². The zero-order chi connectivity index (χ0) is 15.6. The van der Waals surface area contributed by atoms with Crippen molar-refractivity contribution in [2.45, 2.75) is 58.6 Å². The second-order valence-electron chi connectivity index (χ2n) is 5.69. The second-order valence-corrected chi connectivity index (χ2v) is 5.69. The van der Waals surface area contributed by atoms with Crippen LogP contribution in [0.2, 0.25) is 0 Å². The van der Waals surface area contributed by atoms with Gasteiger partial charge in [0.2, 0.25) is 0 Å². The molecule has 0 saturated carbocycles. The fourth-order valence-electron chi connectivity index (χ4n) is 1.64. The van der Waals surface area contributed by atoms with Crippen molar-refractivity contribution >= 4 is 36.0 Å². The highest BCUT2D eigenvalue weighted by Crippen LogP contribution is 2.06. The van der Waals surface area contributed by atoms with E-state index < -0.39 is 5.60 Å². The highest BCUT2D eigenvalue weighted by molar-refractivity contribution is 14.0. The predicted octanol–water partition coefficient (Wildman–Crippen LogP) is 2.48. The van der Waals surface area contributed by atoms with E-state index in [1.54, 1.807) is 7.05 Å². The van der Waals surface area contributed by atoms with Gasteiger partial charge in [-0.1, -0.05) is 19.8 Å². The van der Waals surface area contributed by atoms with E-state index in [0.29, 0.717) is 6.54 Å². The van der Waals surface area contributed by atoms with Gasteiger partial charge in [-0.25, -0.2) is 4.79 Å². The first-order valence-corrected chi connectivity index (χ1v) is 7.20. The van der Waals surface area contributed by atoms with Crippen molar-refractivity contribution in [1.29, 1.82) is 0 Å². The van der Waals surface area contributed by atoms with Crippen molar-refractivity contribution in [3.8, 4) is 0 Å². The van der Waals surface area contributed by atoms with Crippen molar-refractivity contribution in [2.24, 2.45) is 4.99 Å². The van der Waals surface area contributed by atoms with Crippen molar-refractivity contribution in [3.63, 3.8) is 0 Å². The number of nitrogens with one attached hydrogen (secondary N) is 3. The van der Waals surface area contributed by atoms with Gasteiger partial charge in [0.15, 0.2) is 5.96 Å². The maximum absolute atomic E-state index is 11.7. The van der Waals surface area contributed by atoms with E-state index in [1.807, 2.05) is 27.8 Å². The topological polar surface area (TPSA) is 74.8 Å². The third-order valence-corrected chi connectivity index (χ3v) is 2.60. The lowest BCUT2D eigenvalue weighted by atomic mass is 10.1. The van der Waals surface area contributed by atoms with Crippen molar-refractivity contribution in [2.75, 3.05) is 20.6 Å². The average molecular weight is 414 g/mol. The predicted molar refractivity (Wildman–Crippen MR) is 98.5 cm³/mol. The molecule has 0 aliphatic heterocycles. The molecular formula is C14H31IN4O2. The van der Waals surface area contributed by atoms with Crippen molar-refractivity contribution in [1.82, 2.24) is 16.0 Å². The minimum Gasteiger partial charge on any atom is -0.444 e. The number of alkyl carbamates (subject to hydrolysis) is 1. The summed E-state index contributed by atoms with van der Waals surface area (Å²) in [6, 6.07) is 0.133. The molecule has 0 bridgehead atoms. The number of carbonyl (C=O) groups is 1. The largest absolute Gasteiger partial charge is 0.444 e. The Hall–Kier alpha value is -0.730. The summed E-state index contributed by atoms with van der Waals surface area (Å²) in [5.41, 5.74) is -0.475. The lowest BCUT2D eigenvalue weighted by Gasteiger charge is -2.23. The van der Waals surface area contributed by atoms with Gasteiger partial charge in [-0.2, -0.15) is 0 Å². The molecule has 0 rings (SSSR count). The summed E-state index contributed by atoms with van der Waals surface area (Å²) in [4.78, 5) is 15.7. The van der Waals surface area contributed by atoms with Crippen LogP contribution in [-0.4, -0.2) is 44.3 Å². The molecule has 0 aromatic carbocycles. The normalized spacial score (nSPS) is 13.0. The molecule has 0 aromatic heterocycles. The van der Waals surface area contributed by atoms with Gasteiger partial charge in [-0.05, 0) is 27.2 Å². The van der Waals surface area contributed by atoms with Crippen LogP contribution < -0.4 is 16.0 Å². The summed E-state index contributed by atoms with van der Waals surface area (Å²) in [6.45, 7) is 8.20. The molecule has 6 nitrogen and oxygen atoms in total. The van der Waals surface area contributed by atoms with Gasteiger partial charge in [0, 0.05) is 26.7 Å². The van der Waals surface area contributed by atoms with Crippen LogP contribution >= 0.6 is 24.0 Å². The molecule has 1 atom stereocenters. The number of rotatable bonds is 6. The van der Waals surface area contributed by atoms with Crippen LogP contribution in [0.5, 0.6) is 0 Å². The van der Waals surface area contributed by atoms with Crippen molar-refractivity contribution < 1.29 is 9.53 Å². The molecule has 0 aliphatic rings. The third-order valence-electron chi connectivity index (χ3n) is 2.60. The van der Waals surface area contributed by atoms with Crippen molar-refractivity contribution in [3.05, 3.63) is 0 Å². The van der Waals surface area contributed by atoms with E-state index in [-0.39, 0.29) is 36.1 Å². The first-order valence-electron chi connectivity index (χ1n) is 7.20. The van der Waals surface area contributed by atoms with E-state index >= 15 is 0 Å². The Balaban J connectivity index is 0. The Morgan fingerprint density at radius 3 is 2.38 bits per heavy atom. The zero-order valence-electron chi connectivity index (χ0n) is 14.1. The number of amides is 1. The molecule has 21 heavy (non-hydrogen) atoms. The molecule has 7 heteroatoms. The number of carbonyl (C=O) groups excluding carboxylic acids is 1. The van der Waals surface area contributed by atoms with Gasteiger partial charge >= 0.3 is 6.09 Å². The Bertz CT molecular complexity index is 317. The third kappa shape index (κ3) is 12.7. The van der Waals surface area contributed by atoms with Crippen LogP contribution in [0.4, 0.5) is 4.79 Å². The first-order chi connectivity index (χ1) is 9.32. The van der Waals surface area contributed by atoms with E-state index in [1.165, 1.54) is 0 Å². The van der Waals surface area contributed by atoms with E-state index in [2.05, 4.69) is 27.9 Å². The molecule has 0 spiro atoms. The molecule has 1 amide bonds. The Morgan fingerprint density at radius 2 is 1.95 bits per heavy atom. The minimum absolute atomic E-state index is 0. The lowest BCUT2D eigenvalue weighted by molar-refractivity contribution is 0.0523. The molecule has 1 unspecified atom stereocenters. The van der Waals surface area contributed by atoms with Crippen LogP contribution in [0.3, 0.4) is 0 Å². The fourth-order valence-corrected chi connectivity index (χ4v) is 1.64.